The van der Waals surface area contributed by atoms with Crippen LogP contribution in [0.25, 0.3) is 55.6 Å². The number of hydrogen-bond acceptors (Lipinski definition) is 6. The van der Waals surface area contributed by atoms with Crippen molar-refractivity contribution in [3.05, 3.63) is 79.0 Å². The molecule has 0 fully saturated rings. The van der Waals surface area contributed by atoms with E-state index in [0.717, 1.165) is 50.9 Å². The van der Waals surface area contributed by atoms with Gasteiger partial charge in [-0.2, -0.15) is 5.10 Å². The largest absolute Gasteiger partial charge is 0.495 e. The number of ether oxygens (including phenoxy) is 2. The number of benzene rings is 2. The van der Waals surface area contributed by atoms with Gasteiger partial charge in [0, 0.05) is 52.4 Å². The van der Waals surface area contributed by atoms with Crippen LogP contribution in [0.5, 0.6) is 11.5 Å². The predicted molar refractivity (Wildman–Crippen MR) is 150 cm³/mol. The van der Waals surface area contributed by atoms with E-state index >= 15 is 0 Å². The molecular weight excluding hydrogens is 495 g/mol. The van der Waals surface area contributed by atoms with Crippen molar-refractivity contribution in [1.29, 1.82) is 0 Å². The molecule has 6 aromatic rings. The molecule has 0 bridgehead atoms. The first-order chi connectivity index (χ1) is 19.0. The summed E-state index contributed by atoms with van der Waals surface area (Å²) < 4.78 is 25.7. The molecule has 196 valence electrons. The molecule has 0 radical (unpaired) electrons. The average molecular weight is 523 g/mol. The number of methoxy groups -OCH3 is 1. The Morgan fingerprint density at radius 1 is 0.846 bits per heavy atom. The molecule has 4 heterocycles. The fraction of sp³-hybridized carbons (Fsp3) is 0.167. The lowest BCUT2D eigenvalue weighted by atomic mass is 10.0. The van der Waals surface area contributed by atoms with Gasteiger partial charge in [0.1, 0.15) is 29.6 Å². The van der Waals surface area contributed by atoms with Crippen molar-refractivity contribution in [3.8, 4) is 45.3 Å². The number of nitrogens with one attached hydrogen (secondary N) is 2. The molecule has 8 nitrogen and oxygen atoms in total. The second-order valence-electron chi connectivity index (χ2n) is 9.58. The van der Waals surface area contributed by atoms with Crippen molar-refractivity contribution in [2.45, 2.75) is 0 Å². The number of H-pyrrole nitrogens is 2. The smallest absolute Gasteiger partial charge is 0.137 e. The number of likely N-dealkylation sites (N-methyl/N-ethyl adjacent to an activating group) is 1. The molecule has 0 unspecified atom stereocenters. The molecule has 0 saturated carbocycles. The third-order valence-electron chi connectivity index (χ3n) is 6.60. The summed E-state index contributed by atoms with van der Waals surface area (Å²) in [5, 5.41) is 9.55. The maximum atomic E-state index is 14.6. The highest BCUT2D eigenvalue weighted by Crippen LogP contribution is 2.35. The molecule has 4 aromatic heterocycles. The second-order valence-corrected chi connectivity index (χ2v) is 9.58. The molecule has 2 N–H and O–H groups in total. The lowest BCUT2D eigenvalue weighted by Gasteiger charge is -2.12. The molecule has 0 spiro atoms. The van der Waals surface area contributed by atoms with Gasteiger partial charge < -0.3 is 19.4 Å². The van der Waals surface area contributed by atoms with E-state index in [-0.39, 0.29) is 5.82 Å². The first-order valence-corrected chi connectivity index (χ1v) is 12.5. The van der Waals surface area contributed by atoms with E-state index < -0.39 is 0 Å². The molecule has 0 aliphatic carbocycles. The lowest BCUT2D eigenvalue weighted by Crippen LogP contribution is -2.19. The van der Waals surface area contributed by atoms with Crippen molar-refractivity contribution >= 4 is 21.8 Å². The van der Waals surface area contributed by atoms with E-state index in [1.807, 2.05) is 61.6 Å². The van der Waals surface area contributed by atoms with E-state index in [4.69, 9.17) is 9.47 Å². The fourth-order valence-corrected chi connectivity index (χ4v) is 4.63. The molecular formula is C30H27FN6O2. The molecule has 9 heteroatoms. The minimum Gasteiger partial charge on any atom is -0.495 e. The van der Waals surface area contributed by atoms with Gasteiger partial charge in [-0.15, -0.1) is 0 Å². The van der Waals surface area contributed by atoms with Gasteiger partial charge in [0.05, 0.1) is 30.2 Å². The predicted octanol–water partition coefficient (Wildman–Crippen LogP) is 5.92. The fourth-order valence-electron chi connectivity index (χ4n) is 4.63. The first-order valence-electron chi connectivity index (χ1n) is 12.5. The number of fused-ring (bicyclic) bond motifs is 2. The van der Waals surface area contributed by atoms with E-state index in [2.05, 4.69) is 31.2 Å². The van der Waals surface area contributed by atoms with Crippen LogP contribution in [0, 0.1) is 5.82 Å². The zero-order valence-electron chi connectivity index (χ0n) is 21.8. The zero-order valence-corrected chi connectivity index (χ0v) is 21.8. The Kier molecular flexibility index (Phi) is 6.42. The molecule has 2 aromatic carbocycles. The minimum atomic E-state index is -0.375. The SMILES string of the molecule is COc1cncc(-c2ccc3[nH]nc(-c4cc5c(-c6cc(F)cc(OCCN(C)C)c6)nccc5[nH]4)c3c2)c1. The summed E-state index contributed by atoms with van der Waals surface area (Å²) in [5.41, 5.74) is 6.63. The molecule has 0 atom stereocenters. The Labute approximate surface area is 224 Å². The van der Waals surface area contributed by atoms with Gasteiger partial charge >= 0.3 is 0 Å². The van der Waals surface area contributed by atoms with Crippen LogP contribution < -0.4 is 9.47 Å². The number of aromatic nitrogens is 5. The summed E-state index contributed by atoms with van der Waals surface area (Å²) in [7, 11) is 5.56. The second kappa shape index (κ2) is 10.2. The van der Waals surface area contributed by atoms with Crippen molar-refractivity contribution < 1.29 is 13.9 Å². The first kappa shape index (κ1) is 24.6. The highest BCUT2D eigenvalue weighted by molar-refractivity contribution is 6.00. The van der Waals surface area contributed by atoms with Crippen LogP contribution in [0.3, 0.4) is 0 Å². The summed E-state index contributed by atoms with van der Waals surface area (Å²) in [4.78, 5) is 14.4. The van der Waals surface area contributed by atoms with Crippen LogP contribution in [-0.2, 0) is 0 Å². The number of aromatic amines is 2. The van der Waals surface area contributed by atoms with Crippen LogP contribution in [0.1, 0.15) is 0 Å². The Morgan fingerprint density at radius 2 is 1.69 bits per heavy atom. The highest BCUT2D eigenvalue weighted by atomic mass is 19.1. The average Bonchev–Trinajstić information content (AvgIpc) is 3.56. The Balaban J connectivity index is 1.40. The monoisotopic (exact) mass is 522 g/mol. The van der Waals surface area contributed by atoms with E-state index in [0.29, 0.717) is 29.4 Å². The summed E-state index contributed by atoms with van der Waals surface area (Å²) in [6, 6.07) is 16.7. The zero-order chi connectivity index (χ0) is 26.9. The molecule has 0 aliphatic rings. The van der Waals surface area contributed by atoms with E-state index in [9.17, 15) is 4.39 Å². The van der Waals surface area contributed by atoms with Gasteiger partial charge in [0.25, 0.3) is 0 Å². The maximum absolute atomic E-state index is 14.6. The molecule has 0 saturated heterocycles. The van der Waals surface area contributed by atoms with Crippen LogP contribution in [0.2, 0.25) is 0 Å². The normalized spacial score (nSPS) is 11.5. The van der Waals surface area contributed by atoms with Crippen molar-refractivity contribution in [1.82, 2.24) is 30.0 Å². The van der Waals surface area contributed by atoms with Gasteiger partial charge in [-0.05, 0) is 62.1 Å². The van der Waals surface area contributed by atoms with Crippen molar-refractivity contribution in [3.63, 3.8) is 0 Å². The number of nitrogens with zero attached hydrogens (tertiary/aromatic N) is 4. The van der Waals surface area contributed by atoms with Crippen LogP contribution >= 0.6 is 0 Å². The van der Waals surface area contributed by atoms with Crippen molar-refractivity contribution in [2.24, 2.45) is 0 Å². The quantitative estimate of drug-likeness (QED) is 0.258. The van der Waals surface area contributed by atoms with Gasteiger partial charge in [-0.1, -0.05) is 6.07 Å². The number of rotatable bonds is 8. The molecule has 0 aliphatic heterocycles. The summed E-state index contributed by atoms with van der Waals surface area (Å²) in [6.45, 7) is 1.19. The highest BCUT2D eigenvalue weighted by Gasteiger charge is 2.16. The number of pyridine rings is 2. The number of halogens is 1. The third kappa shape index (κ3) is 4.92. The summed E-state index contributed by atoms with van der Waals surface area (Å²) >= 11 is 0. The van der Waals surface area contributed by atoms with Crippen LogP contribution in [0.15, 0.2) is 73.2 Å². The van der Waals surface area contributed by atoms with Gasteiger partial charge in [0.2, 0.25) is 0 Å². The standard InChI is InChI=1S/C30H27FN6O2/c1-37(2)8-9-39-22-11-19(10-21(31)14-22)29-25-15-28(34-26(25)6-7-33-29)30-24-13-18(4-5-27(24)35-36-30)20-12-23(38-3)17-32-16-20/h4-7,10-17,34H,8-9H2,1-3H3,(H,35,36). The van der Waals surface area contributed by atoms with Crippen LogP contribution in [0.4, 0.5) is 4.39 Å². The molecule has 0 amide bonds. The lowest BCUT2D eigenvalue weighted by molar-refractivity contribution is 0.260. The molecule has 6 rings (SSSR count). The Bertz CT molecular complexity index is 1790. The van der Waals surface area contributed by atoms with E-state index in [1.54, 1.807) is 19.5 Å². The van der Waals surface area contributed by atoms with Crippen LogP contribution in [-0.4, -0.2) is 64.4 Å². The maximum Gasteiger partial charge on any atom is 0.137 e. The number of hydrogen-bond donors (Lipinski definition) is 2. The summed E-state index contributed by atoms with van der Waals surface area (Å²) in [6.07, 6.45) is 5.20. The third-order valence-corrected chi connectivity index (χ3v) is 6.60. The van der Waals surface area contributed by atoms with Gasteiger partial charge in [0.15, 0.2) is 0 Å². The topological polar surface area (TPSA) is 91.9 Å². The minimum absolute atomic E-state index is 0.375. The molecule has 39 heavy (non-hydrogen) atoms. The van der Waals surface area contributed by atoms with Crippen molar-refractivity contribution in [2.75, 3.05) is 34.4 Å². The Morgan fingerprint density at radius 3 is 2.54 bits per heavy atom. The van der Waals surface area contributed by atoms with Gasteiger partial charge in [-0.3, -0.25) is 15.1 Å². The van der Waals surface area contributed by atoms with E-state index in [1.165, 1.54) is 12.1 Å². The van der Waals surface area contributed by atoms with Gasteiger partial charge in [-0.25, -0.2) is 4.39 Å². The Hall–Kier alpha value is -4.76. The summed E-state index contributed by atoms with van der Waals surface area (Å²) in [5.74, 6) is 0.790.